The van der Waals surface area contributed by atoms with Crippen molar-refractivity contribution >= 4 is 15.9 Å². The van der Waals surface area contributed by atoms with Gasteiger partial charge in [0, 0.05) is 64.1 Å². The summed E-state index contributed by atoms with van der Waals surface area (Å²) in [5, 5.41) is 0. The SMILES string of the molecule is COc1ccc(CN2CCN(C(=O)CC3c4cccn4CCN3S(=O)(=O)c3ccccc3)CC2)cc1. The second kappa shape index (κ2) is 10.5. The monoisotopic (exact) mass is 508 g/mol. The highest BCUT2D eigenvalue weighted by atomic mass is 32.2. The minimum Gasteiger partial charge on any atom is -0.497 e. The molecule has 1 amide bonds. The van der Waals surface area contributed by atoms with Crippen LogP contribution in [0.25, 0.3) is 0 Å². The van der Waals surface area contributed by atoms with E-state index in [4.69, 9.17) is 4.74 Å². The number of hydrogen-bond acceptors (Lipinski definition) is 5. The molecular formula is C27H32N4O4S. The highest BCUT2D eigenvalue weighted by molar-refractivity contribution is 7.89. The molecule has 0 radical (unpaired) electrons. The van der Waals surface area contributed by atoms with Gasteiger partial charge in [0.05, 0.1) is 18.0 Å². The molecule has 1 saturated heterocycles. The summed E-state index contributed by atoms with van der Waals surface area (Å²) in [5.41, 5.74) is 2.08. The van der Waals surface area contributed by atoms with Crippen LogP contribution in [-0.2, 0) is 27.9 Å². The normalized spacial score (nSPS) is 19.1. The Balaban J connectivity index is 1.26. The summed E-state index contributed by atoms with van der Waals surface area (Å²) in [5.74, 6) is 0.832. The third kappa shape index (κ3) is 5.04. The number of rotatable bonds is 7. The number of piperazine rings is 1. The van der Waals surface area contributed by atoms with E-state index in [9.17, 15) is 13.2 Å². The van der Waals surface area contributed by atoms with Crippen molar-refractivity contribution in [1.29, 1.82) is 0 Å². The molecule has 1 unspecified atom stereocenters. The summed E-state index contributed by atoms with van der Waals surface area (Å²) >= 11 is 0. The molecule has 0 N–H and O–H groups in total. The molecule has 0 saturated carbocycles. The van der Waals surface area contributed by atoms with Crippen LogP contribution in [0, 0.1) is 0 Å². The highest BCUT2D eigenvalue weighted by Gasteiger charge is 2.38. The van der Waals surface area contributed by atoms with Crippen LogP contribution < -0.4 is 4.74 Å². The number of nitrogens with zero attached hydrogens (tertiary/aromatic N) is 4. The van der Waals surface area contributed by atoms with Crippen molar-refractivity contribution in [1.82, 2.24) is 18.7 Å². The summed E-state index contributed by atoms with van der Waals surface area (Å²) in [6, 6.07) is 19.9. The molecule has 1 atom stereocenters. The number of amides is 1. The van der Waals surface area contributed by atoms with E-state index >= 15 is 0 Å². The van der Waals surface area contributed by atoms with Crippen LogP contribution in [0.2, 0.25) is 0 Å². The molecule has 5 rings (SSSR count). The Morgan fingerprint density at radius 3 is 2.31 bits per heavy atom. The Kier molecular flexibility index (Phi) is 7.13. The zero-order valence-electron chi connectivity index (χ0n) is 20.5. The number of ether oxygens (including phenoxy) is 1. The lowest BCUT2D eigenvalue weighted by atomic mass is 10.1. The van der Waals surface area contributed by atoms with Crippen LogP contribution in [-0.4, -0.2) is 72.8 Å². The Bertz CT molecular complexity index is 1280. The minimum absolute atomic E-state index is 0.00740. The molecule has 9 heteroatoms. The van der Waals surface area contributed by atoms with Crippen molar-refractivity contribution in [3.05, 3.63) is 84.2 Å². The number of carbonyl (C=O) groups is 1. The zero-order chi connectivity index (χ0) is 25.1. The second-order valence-electron chi connectivity index (χ2n) is 9.28. The van der Waals surface area contributed by atoms with Crippen molar-refractivity contribution in [3.8, 4) is 5.75 Å². The lowest BCUT2D eigenvalue weighted by molar-refractivity contribution is -0.134. The lowest BCUT2D eigenvalue weighted by Crippen LogP contribution is -2.50. The Morgan fingerprint density at radius 1 is 0.889 bits per heavy atom. The average Bonchev–Trinajstić information content (AvgIpc) is 3.40. The van der Waals surface area contributed by atoms with Gasteiger partial charge in [-0.05, 0) is 42.0 Å². The van der Waals surface area contributed by atoms with E-state index in [0.29, 0.717) is 26.2 Å². The van der Waals surface area contributed by atoms with E-state index < -0.39 is 16.1 Å². The molecule has 2 aliphatic heterocycles. The van der Waals surface area contributed by atoms with Gasteiger partial charge in [-0.1, -0.05) is 30.3 Å². The Hall–Kier alpha value is -3.14. The number of methoxy groups -OCH3 is 1. The molecule has 2 aliphatic rings. The molecule has 1 aromatic heterocycles. The number of hydrogen-bond donors (Lipinski definition) is 0. The predicted octanol–water partition coefficient (Wildman–Crippen LogP) is 2.98. The third-order valence-electron chi connectivity index (χ3n) is 7.12. The van der Waals surface area contributed by atoms with Gasteiger partial charge in [0.1, 0.15) is 5.75 Å². The van der Waals surface area contributed by atoms with Crippen molar-refractivity contribution in [2.45, 2.75) is 30.4 Å². The maximum atomic E-state index is 13.5. The highest BCUT2D eigenvalue weighted by Crippen LogP contribution is 2.34. The number of fused-ring (bicyclic) bond motifs is 1. The molecule has 0 aliphatic carbocycles. The number of benzene rings is 2. The Labute approximate surface area is 212 Å². The fourth-order valence-electron chi connectivity index (χ4n) is 5.10. The molecule has 2 aromatic carbocycles. The van der Waals surface area contributed by atoms with Crippen LogP contribution in [0.5, 0.6) is 5.75 Å². The van der Waals surface area contributed by atoms with E-state index in [0.717, 1.165) is 31.1 Å². The summed E-state index contributed by atoms with van der Waals surface area (Å²) in [6.07, 6.45) is 2.09. The van der Waals surface area contributed by atoms with Crippen molar-refractivity contribution in [2.75, 3.05) is 39.8 Å². The van der Waals surface area contributed by atoms with Crippen LogP contribution in [0.4, 0.5) is 0 Å². The summed E-state index contributed by atoms with van der Waals surface area (Å²) in [7, 11) is -2.07. The summed E-state index contributed by atoms with van der Waals surface area (Å²) in [6.45, 7) is 4.57. The predicted molar refractivity (Wildman–Crippen MR) is 137 cm³/mol. The number of carbonyl (C=O) groups excluding carboxylic acids is 1. The van der Waals surface area contributed by atoms with Crippen LogP contribution in [0.15, 0.2) is 77.8 Å². The van der Waals surface area contributed by atoms with Gasteiger partial charge >= 0.3 is 0 Å². The van der Waals surface area contributed by atoms with Crippen LogP contribution >= 0.6 is 0 Å². The van der Waals surface area contributed by atoms with Gasteiger partial charge in [0.15, 0.2) is 0 Å². The fraction of sp³-hybridized carbons (Fsp3) is 0.370. The van der Waals surface area contributed by atoms with E-state index in [-0.39, 0.29) is 17.2 Å². The van der Waals surface area contributed by atoms with Gasteiger partial charge in [-0.15, -0.1) is 0 Å². The topological polar surface area (TPSA) is 75.1 Å². The maximum Gasteiger partial charge on any atom is 0.243 e. The van der Waals surface area contributed by atoms with Crippen molar-refractivity contribution < 1.29 is 17.9 Å². The molecule has 36 heavy (non-hydrogen) atoms. The van der Waals surface area contributed by atoms with E-state index in [1.807, 2.05) is 35.4 Å². The van der Waals surface area contributed by atoms with Gasteiger partial charge in [-0.2, -0.15) is 4.31 Å². The van der Waals surface area contributed by atoms with Crippen molar-refractivity contribution in [3.63, 3.8) is 0 Å². The first kappa shape index (κ1) is 24.5. The molecule has 3 aromatic rings. The molecule has 0 spiro atoms. The van der Waals surface area contributed by atoms with Crippen LogP contribution in [0.3, 0.4) is 0 Å². The summed E-state index contributed by atoms with van der Waals surface area (Å²) < 4.78 is 35.8. The first-order valence-electron chi connectivity index (χ1n) is 12.3. The van der Waals surface area contributed by atoms with E-state index in [1.54, 1.807) is 37.4 Å². The zero-order valence-corrected chi connectivity index (χ0v) is 21.3. The fourth-order valence-corrected chi connectivity index (χ4v) is 6.72. The van der Waals surface area contributed by atoms with Crippen LogP contribution in [0.1, 0.15) is 23.7 Å². The van der Waals surface area contributed by atoms with E-state index in [1.165, 1.54) is 9.87 Å². The van der Waals surface area contributed by atoms with E-state index in [2.05, 4.69) is 21.6 Å². The average molecular weight is 509 g/mol. The standard InChI is InChI=1S/C27H32N4O4S/c1-35-23-11-9-22(10-12-23)21-28-14-16-30(17-15-28)27(32)20-26-25-8-5-13-29(25)18-19-31(26)36(33,34)24-6-3-2-4-7-24/h2-13,26H,14-21H2,1H3. The molecule has 8 nitrogen and oxygen atoms in total. The minimum atomic E-state index is -3.72. The molecule has 1 fully saturated rings. The summed E-state index contributed by atoms with van der Waals surface area (Å²) in [4.78, 5) is 17.9. The largest absolute Gasteiger partial charge is 0.497 e. The molecule has 0 bridgehead atoms. The second-order valence-corrected chi connectivity index (χ2v) is 11.2. The maximum absolute atomic E-state index is 13.5. The number of aromatic nitrogens is 1. The smallest absolute Gasteiger partial charge is 0.243 e. The van der Waals surface area contributed by atoms with Gasteiger partial charge in [-0.3, -0.25) is 9.69 Å². The van der Waals surface area contributed by atoms with Crippen molar-refractivity contribution in [2.24, 2.45) is 0 Å². The molecule has 190 valence electrons. The van der Waals surface area contributed by atoms with Gasteiger partial charge < -0.3 is 14.2 Å². The lowest BCUT2D eigenvalue weighted by Gasteiger charge is -2.38. The first-order chi connectivity index (χ1) is 17.5. The molecular weight excluding hydrogens is 476 g/mol. The number of sulfonamides is 1. The molecule has 3 heterocycles. The van der Waals surface area contributed by atoms with Gasteiger partial charge in [0.2, 0.25) is 15.9 Å². The van der Waals surface area contributed by atoms with Gasteiger partial charge in [0.25, 0.3) is 0 Å². The van der Waals surface area contributed by atoms with Gasteiger partial charge in [-0.25, -0.2) is 8.42 Å². The first-order valence-corrected chi connectivity index (χ1v) is 13.7. The quantitative estimate of drug-likeness (QED) is 0.491. The third-order valence-corrected chi connectivity index (χ3v) is 9.05. The Morgan fingerprint density at radius 2 is 1.61 bits per heavy atom.